The fourth-order valence-electron chi connectivity index (χ4n) is 10.5. The number of alkyl halides is 1. The first kappa shape index (κ1) is 67.3. The van der Waals surface area contributed by atoms with Crippen molar-refractivity contribution in [2.24, 2.45) is 5.92 Å². The van der Waals surface area contributed by atoms with Crippen LogP contribution in [0.1, 0.15) is 56.1 Å². The Bertz CT molecular complexity index is 2390. The molecule has 0 aliphatic carbocycles. The van der Waals surface area contributed by atoms with Crippen LogP contribution in [0.2, 0.25) is 0 Å². The number of piperidine rings is 1. The van der Waals surface area contributed by atoms with Crippen molar-refractivity contribution in [3.8, 4) is 11.5 Å². The van der Waals surface area contributed by atoms with Crippen molar-refractivity contribution < 1.29 is 52.0 Å². The van der Waals surface area contributed by atoms with Crippen LogP contribution in [-0.4, -0.2) is 237 Å². The first-order chi connectivity index (χ1) is 41.5. The molecule has 0 saturated carbocycles. The van der Waals surface area contributed by atoms with Gasteiger partial charge in [0.15, 0.2) is 0 Å². The predicted molar refractivity (Wildman–Crippen MR) is 328 cm³/mol. The Hall–Kier alpha value is -5.22. The number of rotatable bonds is 38. The van der Waals surface area contributed by atoms with E-state index in [4.69, 9.17) is 28.4 Å². The minimum Gasteiger partial charge on any atom is -0.494 e. The minimum atomic E-state index is -1.09. The van der Waals surface area contributed by atoms with Gasteiger partial charge in [0.2, 0.25) is 17.7 Å². The minimum absolute atomic E-state index is 0.0256. The van der Waals surface area contributed by atoms with Crippen LogP contribution in [0, 0.1) is 5.92 Å². The monoisotopic (exact) mass is 1210 g/mol. The summed E-state index contributed by atoms with van der Waals surface area (Å²) in [6.45, 7) is 12.8. The smallest absolute Gasteiger partial charge is 0.321 e. The van der Waals surface area contributed by atoms with Crippen molar-refractivity contribution in [3.05, 3.63) is 90.0 Å². The van der Waals surface area contributed by atoms with Gasteiger partial charge in [0.25, 0.3) is 0 Å². The van der Waals surface area contributed by atoms with Gasteiger partial charge in [-0.2, -0.15) is 5.53 Å². The largest absolute Gasteiger partial charge is 0.494 e. The highest BCUT2D eigenvalue weighted by Gasteiger charge is 2.39. The van der Waals surface area contributed by atoms with E-state index in [0.717, 1.165) is 94.2 Å². The van der Waals surface area contributed by atoms with E-state index in [1.54, 1.807) is 35.9 Å². The number of piperazine rings is 1. The molecular weight excluding hydrogens is 1110 g/mol. The number of anilines is 1. The molecule has 472 valence electrons. The van der Waals surface area contributed by atoms with Gasteiger partial charge in [0.05, 0.1) is 39.6 Å². The first-order valence-corrected chi connectivity index (χ1v) is 31.5. The molecule has 0 bridgehead atoms. The number of hydrogen-bond donors (Lipinski definition) is 7. The molecule has 0 spiro atoms. The van der Waals surface area contributed by atoms with E-state index in [2.05, 4.69) is 66.4 Å². The van der Waals surface area contributed by atoms with Crippen LogP contribution in [0.3, 0.4) is 0 Å². The Labute approximate surface area is 506 Å². The van der Waals surface area contributed by atoms with Crippen molar-refractivity contribution in [1.29, 1.82) is 0 Å². The fraction of sp³-hybridized carbons (Fsp3) is 0.639. The third-order valence-corrected chi connectivity index (χ3v) is 16.7. The number of benzene rings is 3. The quantitative estimate of drug-likeness (QED) is 0.0407. The summed E-state index contributed by atoms with van der Waals surface area (Å²) in [5, 5.41) is 17.4. The molecule has 6 unspecified atom stereocenters. The molecule has 4 fully saturated rings. The maximum Gasteiger partial charge on any atom is 0.321 e. The Kier molecular flexibility index (Phi) is 30.2. The number of amides is 5. The number of methoxy groups -OCH3 is 1. The molecule has 4 saturated heterocycles. The van der Waals surface area contributed by atoms with Crippen LogP contribution < -0.4 is 47.0 Å². The summed E-state index contributed by atoms with van der Waals surface area (Å²) in [6, 6.07) is 23.9. The number of aryl methyl sites for hydroxylation is 1. The highest BCUT2D eigenvalue weighted by Crippen LogP contribution is 2.25. The average Bonchev–Trinajstić information content (AvgIpc) is 4.24. The maximum absolute atomic E-state index is 14.7. The molecule has 24 heteroatoms. The molecule has 7 rings (SSSR count). The number of halogens is 1. The van der Waals surface area contributed by atoms with Crippen LogP contribution in [0.25, 0.3) is 0 Å². The summed E-state index contributed by atoms with van der Waals surface area (Å²) in [6.07, 6.45) is 3.60. The number of ether oxygens (including phenoxy) is 6. The molecular formula is C61H95FN12O10S. The molecule has 3 aromatic rings. The molecule has 5 amide bonds. The van der Waals surface area contributed by atoms with Gasteiger partial charge in [-0.1, -0.05) is 42.5 Å². The first-order valence-electron chi connectivity index (χ1n) is 30.5. The van der Waals surface area contributed by atoms with E-state index in [-0.39, 0.29) is 66.6 Å². The lowest BCUT2D eigenvalue weighted by molar-refractivity contribution is -0.143. The Morgan fingerprint density at radius 1 is 0.765 bits per heavy atom. The van der Waals surface area contributed by atoms with Gasteiger partial charge in [-0.05, 0) is 107 Å². The highest BCUT2D eigenvalue weighted by molar-refractivity contribution is 8.00. The SMILES string of the molecule is COCCCN(C(=O)CCc1ccc(OCCCCN(C)CCOCCOCCC2CN(CCOCCOc3ccc(NC(=O)NC4NC(CC(=O)N5CCN(C)CC5)CS4)cc3)NN2)cc1)C(C(=O)NCc1ccccc1)C1CNCC(F)C1. The molecule has 6 atom stereocenters. The van der Waals surface area contributed by atoms with Crippen molar-refractivity contribution in [3.63, 3.8) is 0 Å². The summed E-state index contributed by atoms with van der Waals surface area (Å²) in [4.78, 5) is 61.3. The number of hydrogen-bond acceptors (Lipinski definition) is 18. The number of likely N-dealkylation sites (N-methyl/N-ethyl adjacent to an activating group) is 2. The molecule has 0 radical (unpaired) electrons. The zero-order chi connectivity index (χ0) is 59.9. The number of carbonyl (C=O) groups is 4. The summed E-state index contributed by atoms with van der Waals surface area (Å²) in [5.41, 5.74) is 8.87. The Morgan fingerprint density at radius 3 is 2.26 bits per heavy atom. The summed E-state index contributed by atoms with van der Waals surface area (Å²) < 4.78 is 49.4. The maximum atomic E-state index is 14.7. The molecule has 4 aliphatic rings. The number of hydrazine groups is 2. The van der Waals surface area contributed by atoms with E-state index < -0.39 is 12.2 Å². The Morgan fingerprint density at radius 2 is 1.49 bits per heavy atom. The molecule has 4 aliphatic heterocycles. The van der Waals surface area contributed by atoms with Gasteiger partial charge >= 0.3 is 6.03 Å². The van der Waals surface area contributed by atoms with Crippen molar-refractivity contribution in [1.82, 2.24) is 56.8 Å². The second-order valence-corrected chi connectivity index (χ2v) is 23.4. The van der Waals surface area contributed by atoms with Crippen LogP contribution in [-0.2, 0) is 46.3 Å². The van der Waals surface area contributed by atoms with Gasteiger partial charge in [0.1, 0.15) is 35.8 Å². The number of nitrogens with one attached hydrogen (secondary N) is 7. The van der Waals surface area contributed by atoms with Gasteiger partial charge < -0.3 is 69.3 Å². The van der Waals surface area contributed by atoms with Crippen molar-refractivity contribution >= 4 is 41.2 Å². The molecule has 22 nitrogen and oxygen atoms in total. The molecule has 3 aromatic carbocycles. The molecule has 0 aromatic heterocycles. The average molecular weight is 1210 g/mol. The number of thioether (sulfide) groups is 1. The topological polar surface area (TPSA) is 224 Å². The third-order valence-electron chi connectivity index (χ3n) is 15.5. The van der Waals surface area contributed by atoms with E-state index in [9.17, 15) is 23.6 Å². The van der Waals surface area contributed by atoms with E-state index in [1.165, 1.54) is 0 Å². The lowest BCUT2D eigenvalue weighted by atomic mass is 9.88. The molecule has 85 heavy (non-hydrogen) atoms. The fourth-order valence-corrected chi connectivity index (χ4v) is 11.7. The van der Waals surface area contributed by atoms with Crippen LogP contribution in [0.4, 0.5) is 14.9 Å². The van der Waals surface area contributed by atoms with Crippen LogP contribution in [0.5, 0.6) is 11.5 Å². The second kappa shape index (κ2) is 38.1. The second-order valence-electron chi connectivity index (χ2n) is 22.3. The van der Waals surface area contributed by atoms with Crippen molar-refractivity contribution in [2.75, 3.05) is 164 Å². The summed E-state index contributed by atoms with van der Waals surface area (Å²) in [7, 11) is 5.78. The zero-order valence-electron chi connectivity index (χ0n) is 50.3. The van der Waals surface area contributed by atoms with E-state index in [1.807, 2.05) is 71.6 Å². The predicted octanol–water partition coefficient (Wildman–Crippen LogP) is 3.69. The molecule has 7 N–H and O–H groups in total. The summed E-state index contributed by atoms with van der Waals surface area (Å²) in [5.74, 6) is 1.61. The van der Waals surface area contributed by atoms with Crippen LogP contribution in [0.15, 0.2) is 78.9 Å². The Balaban J connectivity index is 0.648. The lowest BCUT2D eigenvalue weighted by Crippen LogP contribution is -2.57. The number of urea groups is 1. The number of unbranched alkanes of at least 4 members (excludes halogenated alkanes) is 1. The number of carbonyl (C=O) groups excluding carboxylic acids is 4. The lowest BCUT2D eigenvalue weighted by Gasteiger charge is -2.39. The van der Waals surface area contributed by atoms with Gasteiger partial charge in [-0.3, -0.25) is 19.7 Å². The van der Waals surface area contributed by atoms with E-state index >= 15 is 0 Å². The highest BCUT2D eigenvalue weighted by atomic mass is 32.2. The van der Waals surface area contributed by atoms with Crippen LogP contribution >= 0.6 is 11.8 Å². The number of nitrogens with zero attached hydrogens (tertiary/aromatic N) is 5. The summed E-state index contributed by atoms with van der Waals surface area (Å²) >= 11 is 1.59. The van der Waals surface area contributed by atoms with Gasteiger partial charge in [-0.25, -0.2) is 19.6 Å². The zero-order valence-corrected chi connectivity index (χ0v) is 51.1. The van der Waals surface area contributed by atoms with E-state index in [0.29, 0.717) is 110 Å². The van der Waals surface area contributed by atoms with Crippen molar-refractivity contribution in [2.45, 2.75) is 87.7 Å². The van der Waals surface area contributed by atoms with Gasteiger partial charge in [-0.15, -0.1) is 11.8 Å². The standard InChI is InChI=1S/C61H95FN12O10S/c1-70(23-7-8-32-83-54-17-12-47(13-18-54)14-21-56(75)74(24-9-31-79-3)58(49-40-50(62)44-63-43-49)59(77)64-42-48-10-5-4-6-11-48)29-34-81-37-36-80-33-22-52-45-73(69-68-52)30-35-82-38-39-84-55-19-15-51(16-20-55)65-60(78)67-61-66-53(46-85-61)41-57(76)72-27-25-71(2)26-28-72/h4-6,10-13,15-20,49-50,52-53,58,61,63,66,68-69H,7-9,14,21-46H2,1-3H3,(H,64,77)(H2,65,67,78). The van der Waals surface area contributed by atoms with Gasteiger partial charge in [0, 0.05) is 135 Å². The third kappa shape index (κ3) is 25.2. The normalized spacial score (nSPS) is 20.5. The molecule has 4 heterocycles.